The molecule has 1 aliphatic rings. The molecule has 3 aromatic heterocycles. The smallest absolute Gasteiger partial charge is 0.268 e. The Hall–Kier alpha value is -2.03. The van der Waals surface area contributed by atoms with Crippen LogP contribution in [0, 0.1) is 6.92 Å². The lowest BCUT2D eigenvalue weighted by atomic mass is 10.2. The molecule has 24 heavy (non-hydrogen) atoms. The van der Waals surface area contributed by atoms with Crippen LogP contribution in [0.3, 0.4) is 0 Å². The number of hydrogen-bond acceptors (Lipinski definition) is 6. The number of aryl methyl sites for hydroxylation is 1. The first-order valence-corrected chi connectivity index (χ1v) is 8.85. The van der Waals surface area contributed by atoms with Gasteiger partial charge in [0.25, 0.3) is 5.56 Å². The molecule has 3 aromatic rings. The van der Waals surface area contributed by atoms with Crippen LogP contribution in [0.1, 0.15) is 24.4 Å². The van der Waals surface area contributed by atoms with E-state index < -0.39 is 0 Å². The number of aromatic amines is 2. The summed E-state index contributed by atoms with van der Waals surface area (Å²) in [4.78, 5) is 23.1. The van der Waals surface area contributed by atoms with E-state index >= 15 is 0 Å². The van der Waals surface area contributed by atoms with Crippen molar-refractivity contribution in [2.75, 3.05) is 13.2 Å². The van der Waals surface area contributed by atoms with Gasteiger partial charge in [0.15, 0.2) is 0 Å². The standard InChI is InChI=1S/C16H19N5O2S/c1-9-11(6-17-20-9)13-5-12-15(24-13)16(23)19-14(18-12)7-21-4-2-3-10(21)8-22/h5-6,10,22H,2-4,7-8H2,1H3,(H,17,20)(H,18,19,23). The number of thiophene rings is 1. The van der Waals surface area contributed by atoms with E-state index in [0.29, 0.717) is 22.6 Å². The van der Waals surface area contributed by atoms with Crippen LogP contribution in [-0.4, -0.2) is 49.4 Å². The molecule has 0 bridgehead atoms. The molecule has 126 valence electrons. The van der Waals surface area contributed by atoms with E-state index in [2.05, 4.69) is 25.1 Å². The highest BCUT2D eigenvalue weighted by atomic mass is 32.1. The molecule has 8 heteroatoms. The molecule has 0 aromatic carbocycles. The largest absolute Gasteiger partial charge is 0.395 e. The molecule has 4 heterocycles. The van der Waals surface area contributed by atoms with Crippen molar-refractivity contribution < 1.29 is 5.11 Å². The number of hydrogen-bond donors (Lipinski definition) is 3. The minimum atomic E-state index is -0.104. The Kier molecular flexibility index (Phi) is 3.95. The van der Waals surface area contributed by atoms with Gasteiger partial charge in [0.2, 0.25) is 0 Å². The zero-order valence-electron chi connectivity index (χ0n) is 13.4. The molecule has 0 aliphatic carbocycles. The molecule has 4 rings (SSSR count). The molecule has 3 N–H and O–H groups in total. The van der Waals surface area contributed by atoms with E-state index in [9.17, 15) is 9.90 Å². The molecule has 0 spiro atoms. The summed E-state index contributed by atoms with van der Waals surface area (Å²) in [5, 5.41) is 16.4. The normalized spacial score (nSPS) is 18.7. The summed E-state index contributed by atoms with van der Waals surface area (Å²) < 4.78 is 0.634. The van der Waals surface area contributed by atoms with Crippen LogP contribution in [0.25, 0.3) is 20.7 Å². The summed E-state index contributed by atoms with van der Waals surface area (Å²) in [6.07, 6.45) is 3.83. The van der Waals surface area contributed by atoms with Gasteiger partial charge in [-0.25, -0.2) is 4.98 Å². The Bertz CT molecular complexity index is 928. The lowest BCUT2D eigenvalue weighted by Gasteiger charge is -2.21. The average molecular weight is 345 g/mol. The lowest BCUT2D eigenvalue weighted by molar-refractivity contribution is 0.151. The second-order valence-electron chi connectivity index (χ2n) is 6.20. The first-order valence-electron chi connectivity index (χ1n) is 8.03. The summed E-state index contributed by atoms with van der Waals surface area (Å²) in [6, 6.07) is 2.11. The third-order valence-electron chi connectivity index (χ3n) is 4.59. The van der Waals surface area contributed by atoms with Crippen molar-refractivity contribution in [3.8, 4) is 10.4 Å². The van der Waals surface area contributed by atoms with Crippen LogP contribution in [0.15, 0.2) is 17.1 Å². The molecule has 1 saturated heterocycles. The van der Waals surface area contributed by atoms with Gasteiger partial charge in [0.05, 0.1) is 24.9 Å². The first kappa shape index (κ1) is 15.5. The summed E-state index contributed by atoms with van der Waals surface area (Å²) in [5.74, 6) is 0.654. The maximum atomic E-state index is 12.4. The molecule has 7 nitrogen and oxygen atoms in total. The predicted octanol–water partition coefficient (Wildman–Crippen LogP) is 1.64. The third-order valence-corrected chi connectivity index (χ3v) is 5.75. The monoisotopic (exact) mass is 345 g/mol. The summed E-state index contributed by atoms with van der Waals surface area (Å²) in [6.45, 7) is 3.59. The van der Waals surface area contributed by atoms with E-state index in [-0.39, 0.29) is 18.2 Å². The van der Waals surface area contributed by atoms with Crippen molar-refractivity contribution in [2.45, 2.75) is 32.4 Å². The van der Waals surface area contributed by atoms with Crippen LogP contribution in [0.5, 0.6) is 0 Å². The second-order valence-corrected chi connectivity index (χ2v) is 7.25. The SMILES string of the molecule is Cc1[nH]ncc1-c1cc2nc(CN3CCCC3CO)[nH]c(=O)c2s1. The summed E-state index contributed by atoms with van der Waals surface area (Å²) >= 11 is 1.43. The average Bonchev–Trinajstić information content (AvgIpc) is 3.26. The van der Waals surface area contributed by atoms with Gasteiger partial charge in [-0.2, -0.15) is 5.10 Å². The quantitative estimate of drug-likeness (QED) is 0.668. The molecular weight excluding hydrogens is 326 g/mol. The van der Waals surface area contributed by atoms with E-state index in [1.54, 1.807) is 6.20 Å². The van der Waals surface area contributed by atoms with Gasteiger partial charge in [-0.05, 0) is 32.4 Å². The highest BCUT2D eigenvalue weighted by Crippen LogP contribution is 2.32. The molecule has 1 atom stereocenters. The Morgan fingerprint density at radius 2 is 2.38 bits per heavy atom. The number of aliphatic hydroxyl groups excluding tert-OH is 1. The maximum Gasteiger partial charge on any atom is 0.268 e. The first-order chi connectivity index (χ1) is 11.7. The van der Waals surface area contributed by atoms with Crippen LogP contribution in [-0.2, 0) is 6.54 Å². The molecule has 1 unspecified atom stereocenters. The molecule has 0 radical (unpaired) electrons. The number of aromatic nitrogens is 4. The fraction of sp³-hybridized carbons (Fsp3) is 0.438. The number of likely N-dealkylation sites (tertiary alicyclic amines) is 1. The van der Waals surface area contributed by atoms with Crippen molar-refractivity contribution >= 4 is 21.6 Å². The molecule has 0 saturated carbocycles. The Labute approximate surface area is 142 Å². The number of aliphatic hydroxyl groups is 1. The molecule has 0 amide bonds. The fourth-order valence-corrected chi connectivity index (χ4v) is 4.36. The van der Waals surface area contributed by atoms with Crippen LogP contribution in [0.2, 0.25) is 0 Å². The zero-order chi connectivity index (χ0) is 16.7. The zero-order valence-corrected chi connectivity index (χ0v) is 14.2. The predicted molar refractivity (Wildman–Crippen MR) is 93.1 cm³/mol. The van der Waals surface area contributed by atoms with Gasteiger partial charge in [0, 0.05) is 22.2 Å². The van der Waals surface area contributed by atoms with Crippen LogP contribution < -0.4 is 5.56 Å². The van der Waals surface area contributed by atoms with E-state index in [1.807, 2.05) is 13.0 Å². The second kappa shape index (κ2) is 6.12. The summed E-state index contributed by atoms with van der Waals surface area (Å²) in [7, 11) is 0. The van der Waals surface area contributed by atoms with E-state index in [1.165, 1.54) is 11.3 Å². The van der Waals surface area contributed by atoms with Crippen LogP contribution >= 0.6 is 11.3 Å². The fourth-order valence-electron chi connectivity index (χ4n) is 3.30. The number of rotatable bonds is 4. The number of nitrogens with zero attached hydrogens (tertiary/aromatic N) is 3. The molecular formula is C16H19N5O2S. The van der Waals surface area contributed by atoms with Crippen molar-refractivity contribution in [3.63, 3.8) is 0 Å². The van der Waals surface area contributed by atoms with E-state index in [0.717, 1.165) is 35.5 Å². The minimum Gasteiger partial charge on any atom is -0.395 e. The lowest BCUT2D eigenvalue weighted by Crippen LogP contribution is -2.32. The number of nitrogens with one attached hydrogen (secondary N) is 2. The van der Waals surface area contributed by atoms with Gasteiger partial charge in [0.1, 0.15) is 10.5 Å². The maximum absolute atomic E-state index is 12.4. The Morgan fingerprint density at radius 3 is 3.12 bits per heavy atom. The van der Waals surface area contributed by atoms with Crippen molar-refractivity contribution in [1.82, 2.24) is 25.1 Å². The highest BCUT2D eigenvalue weighted by Gasteiger charge is 2.24. The Morgan fingerprint density at radius 1 is 1.50 bits per heavy atom. The Balaban J connectivity index is 1.69. The van der Waals surface area contributed by atoms with Crippen molar-refractivity contribution in [2.24, 2.45) is 0 Å². The van der Waals surface area contributed by atoms with Gasteiger partial charge in [-0.3, -0.25) is 14.8 Å². The van der Waals surface area contributed by atoms with Crippen molar-refractivity contribution in [3.05, 3.63) is 34.1 Å². The van der Waals surface area contributed by atoms with E-state index in [4.69, 9.17) is 0 Å². The number of H-pyrrole nitrogens is 2. The van der Waals surface area contributed by atoms with Crippen LogP contribution in [0.4, 0.5) is 0 Å². The summed E-state index contributed by atoms with van der Waals surface area (Å²) in [5.41, 5.74) is 2.58. The van der Waals surface area contributed by atoms with Gasteiger partial charge in [-0.1, -0.05) is 0 Å². The van der Waals surface area contributed by atoms with Gasteiger partial charge in [-0.15, -0.1) is 11.3 Å². The van der Waals surface area contributed by atoms with Gasteiger partial charge < -0.3 is 10.1 Å². The molecule has 1 fully saturated rings. The topological polar surface area (TPSA) is 97.9 Å². The van der Waals surface area contributed by atoms with Gasteiger partial charge >= 0.3 is 0 Å². The minimum absolute atomic E-state index is 0.104. The van der Waals surface area contributed by atoms with Crippen molar-refractivity contribution in [1.29, 1.82) is 0 Å². The molecule has 1 aliphatic heterocycles. The third kappa shape index (κ3) is 2.66. The number of fused-ring (bicyclic) bond motifs is 1. The highest BCUT2D eigenvalue weighted by molar-refractivity contribution is 7.22.